The Bertz CT molecular complexity index is 887. The van der Waals surface area contributed by atoms with Crippen molar-refractivity contribution in [2.75, 3.05) is 33.0 Å². The number of sulfone groups is 1. The lowest BCUT2D eigenvalue weighted by Gasteiger charge is -2.26. The van der Waals surface area contributed by atoms with Crippen LogP contribution in [0.15, 0.2) is 45.9 Å². The van der Waals surface area contributed by atoms with Gasteiger partial charge in [-0.3, -0.25) is 9.69 Å². The van der Waals surface area contributed by atoms with Crippen LogP contribution in [0.2, 0.25) is 0 Å². The van der Waals surface area contributed by atoms with E-state index in [0.717, 1.165) is 37.9 Å². The van der Waals surface area contributed by atoms with E-state index in [1.54, 1.807) is 12.3 Å². The maximum atomic E-state index is 12.6. The molecule has 1 saturated heterocycles. The summed E-state index contributed by atoms with van der Waals surface area (Å²) in [7, 11) is -2.11. The number of furan rings is 1. The Morgan fingerprint density at radius 2 is 2.04 bits per heavy atom. The van der Waals surface area contributed by atoms with Crippen LogP contribution in [-0.4, -0.2) is 52.2 Å². The van der Waals surface area contributed by atoms with Crippen molar-refractivity contribution < 1.29 is 22.4 Å². The highest BCUT2D eigenvalue weighted by molar-refractivity contribution is 7.90. The minimum absolute atomic E-state index is 0.000206. The number of amides is 1. The van der Waals surface area contributed by atoms with Gasteiger partial charge in [-0.05, 0) is 56.3 Å². The van der Waals surface area contributed by atoms with Crippen LogP contribution in [0.25, 0.3) is 0 Å². The number of likely N-dealkylation sites (tertiary alicyclic amines) is 1. The van der Waals surface area contributed by atoms with Gasteiger partial charge in [-0.15, -0.1) is 0 Å². The quantitative estimate of drug-likeness (QED) is 0.778. The molecule has 1 fully saturated rings. The van der Waals surface area contributed by atoms with Gasteiger partial charge < -0.3 is 14.5 Å². The molecule has 1 aliphatic heterocycles. The first-order valence-electron chi connectivity index (χ1n) is 8.84. The summed E-state index contributed by atoms with van der Waals surface area (Å²) in [6.07, 6.45) is 4.97. The number of carbonyl (C=O) groups is 1. The first-order chi connectivity index (χ1) is 12.9. The Hall–Kier alpha value is -2.32. The standard InChI is InChI=1S/C19H24N2O5S/c1-25-17-8-7-14(12-18(17)27(2,23)24)19(22)20-13-15(16-6-5-11-26-16)21-9-3-4-10-21/h5-8,11-12,15H,3-4,9-10,13H2,1-2H3,(H,20,22). The zero-order valence-corrected chi connectivity index (χ0v) is 16.3. The molecule has 1 amide bonds. The van der Waals surface area contributed by atoms with Gasteiger partial charge in [-0.25, -0.2) is 8.42 Å². The van der Waals surface area contributed by atoms with Crippen molar-refractivity contribution in [3.05, 3.63) is 47.9 Å². The first-order valence-corrected chi connectivity index (χ1v) is 10.7. The summed E-state index contributed by atoms with van der Waals surface area (Å²) in [5.41, 5.74) is 0.274. The lowest BCUT2D eigenvalue weighted by Crippen LogP contribution is -2.36. The van der Waals surface area contributed by atoms with Gasteiger partial charge in [-0.1, -0.05) is 0 Å². The third-order valence-corrected chi connectivity index (χ3v) is 5.85. The molecule has 0 aliphatic carbocycles. The molecule has 146 valence electrons. The molecule has 0 spiro atoms. The van der Waals surface area contributed by atoms with Crippen LogP contribution < -0.4 is 10.1 Å². The number of nitrogens with zero attached hydrogens (tertiary/aromatic N) is 1. The minimum atomic E-state index is -3.51. The highest BCUT2D eigenvalue weighted by Gasteiger charge is 2.26. The smallest absolute Gasteiger partial charge is 0.251 e. The Morgan fingerprint density at radius 3 is 2.63 bits per heavy atom. The molecule has 2 heterocycles. The fraction of sp³-hybridized carbons (Fsp3) is 0.421. The van der Waals surface area contributed by atoms with E-state index in [2.05, 4.69) is 10.2 Å². The second kappa shape index (κ2) is 8.14. The SMILES string of the molecule is COc1ccc(C(=O)NCC(c2ccco2)N2CCCC2)cc1S(C)(=O)=O. The average molecular weight is 392 g/mol. The molecule has 7 nitrogen and oxygen atoms in total. The molecular weight excluding hydrogens is 368 g/mol. The maximum absolute atomic E-state index is 12.6. The highest BCUT2D eigenvalue weighted by atomic mass is 32.2. The number of ether oxygens (including phenoxy) is 1. The van der Waals surface area contributed by atoms with Crippen LogP contribution in [-0.2, 0) is 9.84 Å². The molecule has 1 aliphatic rings. The van der Waals surface area contributed by atoms with Gasteiger partial charge >= 0.3 is 0 Å². The molecule has 8 heteroatoms. The molecule has 1 aromatic heterocycles. The largest absolute Gasteiger partial charge is 0.495 e. The molecule has 1 N–H and O–H groups in total. The van der Waals surface area contributed by atoms with E-state index < -0.39 is 9.84 Å². The summed E-state index contributed by atoms with van der Waals surface area (Å²) in [4.78, 5) is 14.9. The molecule has 0 bridgehead atoms. The third kappa shape index (κ3) is 4.51. The van der Waals surface area contributed by atoms with Crippen molar-refractivity contribution in [1.82, 2.24) is 10.2 Å². The van der Waals surface area contributed by atoms with Crippen LogP contribution in [0.1, 0.15) is 35.0 Å². The second-order valence-electron chi connectivity index (χ2n) is 6.62. The zero-order valence-electron chi connectivity index (χ0n) is 15.5. The van der Waals surface area contributed by atoms with Gasteiger partial charge in [0.15, 0.2) is 9.84 Å². The van der Waals surface area contributed by atoms with Gasteiger partial charge in [-0.2, -0.15) is 0 Å². The van der Waals surface area contributed by atoms with E-state index in [1.165, 1.54) is 19.2 Å². The Labute approximate surface area is 159 Å². The van der Waals surface area contributed by atoms with Crippen molar-refractivity contribution in [1.29, 1.82) is 0 Å². The highest BCUT2D eigenvalue weighted by Crippen LogP contribution is 2.26. The number of nitrogens with one attached hydrogen (secondary N) is 1. The summed E-state index contributed by atoms with van der Waals surface area (Å²) in [6.45, 7) is 2.30. The molecule has 1 unspecified atom stereocenters. The molecule has 2 aromatic rings. The maximum Gasteiger partial charge on any atom is 0.251 e. The van der Waals surface area contributed by atoms with Crippen LogP contribution >= 0.6 is 0 Å². The predicted octanol–water partition coefficient (Wildman–Crippen LogP) is 2.26. The van der Waals surface area contributed by atoms with Gasteiger partial charge in [0.05, 0.1) is 19.4 Å². The lowest BCUT2D eigenvalue weighted by atomic mass is 10.1. The molecule has 3 rings (SSSR count). The fourth-order valence-electron chi connectivity index (χ4n) is 3.34. The molecule has 1 aromatic carbocycles. The second-order valence-corrected chi connectivity index (χ2v) is 8.61. The van der Waals surface area contributed by atoms with E-state index >= 15 is 0 Å². The predicted molar refractivity (Wildman–Crippen MR) is 101 cm³/mol. The Kier molecular flexibility index (Phi) is 5.86. The number of hydrogen-bond donors (Lipinski definition) is 1. The fourth-order valence-corrected chi connectivity index (χ4v) is 4.20. The van der Waals surface area contributed by atoms with E-state index in [0.29, 0.717) is 6.54 Å². The number of carbonyl (C=O) groups excluding carboxylic acids is 1. The summed E-state index contributed by atoms with van der Waals surface area (Å²) >= 11 is 0. The van der Waals surface area contributed by atoms with E-state index in [4.69, 9.17) is 9.15 Å². The van der Waals surface area contributed by atoms with Crippen LogP contribution in [0, 0.1) is 0 Å². The average Bonchev–Trinajstić information content (AvgIpc) is 3.35. The van der Waals surface area contributed by atoms with Crippen molar-refractivity contribution in [2.45, 2.75) is 23.8 Å². The number of hydrogen-bond acceptors (Lipinski definition) is 6. The number of rotatable bonds is 7. The number of methoxy groups -OCH3 is 1. The topological polar surface area (TPSA) is 88.8 Å². The molecule has 0 radical (unpaired) electrons. The monoisotopic (exact) mass is 392 g/mol. The van der Waals surface area contributed by atoms with E-state index in [1.807, 2.05) is 12.1 Å². The third-order valence-electron chi connectivity index (χ3n) is 4.73. The first kappa shape index (κ1) is 19.4. The Balaban J connectivity index is 1.76. The summed E-state index contributed by atoms with van der Waals surface area (Å²) < 4.78 is 34.5. The molecule has 0 saturated carbocycles. The van der Waals surface area contributed by atoms with Crippen molar-refractivity contribution in [2.24, 2.45) is 0 Å². The van der Waals surface area contributed by atoms with Crippen LogP contribution in [0.5, 0.6) is 5.75 Å². The summed E-state index contributed by atoms with van der Waals surface area (Å²) in [6, 6.07) is 8.10. The van der Waals surface area contributed by atoms with Gasteiger partial charge in [0.25, 0.3) is 5.91 Å². The van der Waals surface area contributed by atoms with Gasteiger partial charge in [0, 0.05) is 18.4 Å². The lowest BCUT2D eigenvalue weighted by molar-refractivity contribution is 0.0933. The Morgan fingerprint density at radius 1 is 1.30 bits per heavy atom. The molecule has 27 heavy (non-hydrogen) atoms. The normalized spacial score (nSPS) is 16.2. The summed E-state index contributed by atoms with van der Waals surface area (Å²) in [5, 5.41) is 2.90. The van der Waals surface area contributed by atoms with Gasteiger partial charge in [0.2, 0.25) is 0 Å². The van der Waals surface area contributed by atoms with Crippen LogP contribution in [0.3, 0.4) is 0 Å². The van der Waals surface area contributed by atoms with Gasteiger partial charge in [0.1, 0.15) is 16.4 Å². The molecule has 1 atom stereocenters. The van der Waals surface area contributed by atoms with Crippen molar-refractivity contribution >= 4 is 15.7 Å². The summed E-state index contributed by atoms with van der Waals surface area (Å²) in [5.74, 6) is 0.696. The van der Waals surface area contributed by atoms with Crippen LogP contribution in [0.4, 0.5) is 0 Å². The number of benzene rings is 1. The van der Waals surface area contributed by atoms with E-state index in [-0.39, 0.29) is 28.2 Å². The van der Waals surface area contributed by atoms with Crippen molar-refractivity contribution in [3.63, 3.8) is 0 Å². The zero-order chi connectivity index (χ0) is 19.4. The van der Waals surface area contributed by atoms with E-state index in [9.17, 15) is 13.2 Å². The molecular formula is C19H24N2O5S. The minimum Gasteiger partial charge on any atom is -0.495 e. The van der Waals surface area contributed by atoms with Crippen molar-refractivity contribution in [3.8, 4) is 5.75 Å².